The summed E-state index contributed by atoms with van der Waals surface area (Å²) in [5, 5.41) is 3.16. The molecule has 1 saturated heterocycles. The number of ether oxygens (including phenoxy) is 1. The molecule has 3 heteroatoms. The summed E-state index contributed by atoms with van der Waals surface area (Å²) >= 11 is 0. The zero-order valence-electron chi connectivity index (χ0n) is 11.6. The van der Waals surface area contributed by atoms with Gasteiger partial charge in [0.15, 0.2) is 0 Å². The Morgan fingerprint density at radius 3 is 3.05 bits per heavy atom. The largest absolute Gasteiger partial charge is 0.378 e. The molecule has 1 N–H and O–H groups in total. The molecule has 1 aliphatic carbocycles. The van der Waals surface area contributed by atoms with Gasteiger partial charge in [0.1, 0.15) is 0 Å². The van der Waals surface area contributed by atoms with Crippen LogP contribution in [0.4, 0.5) is 0 Å². The summed E-state index contributed by atoms with van der Waals surface area (Å²) in [6, 6.07) is 6.62. The fourth-order valence-electron chi connectivity index (χ4n) is 3.18. The normalized spacial score (nSPS) is 28.6. The molecule has 3 atom stereocenters. The van der Waals surface area contributed by atoms with Crippen LogP contribution in [0.3, 0.4) is 0 Å². The Kier molecular flexibility index (Phi) is 3.31. The molecule has 2 fully saturated rings. The number of carbonyl (C=O) groups is 1. The number of hydrogen-bond donors (Lipinski definition) is 1. The summed E-state index contributed by atoms with van der Waals surface area (Å²) in [5.74, 6) is 0.701. The second-order valence-electron chi connectivity index (χ2n) is 5.88. The third-order valence-electron chi connectivity index (χ3n) is 4.47. The van der Waals surface area contributed by atoms with Crippen LogP contribution in [0.25, 0.3) is 0 Å². The van der Waals surface area contributed by atoms with Crippen LogP contribution in [0.1, 0.15) is 29.5 Å². The number of benzene rings is 1. The molecule has 1 aromatic carbocycles. The van der Waals surface area contributed by atoms with Gasteiger partial charge in [-0.25, -0.2) is 0 Å². The standard InChI is InChI=1S/C16H21NO2/c1-10-3-4-11(2)12(7-10)8-16(18)17-14-9-15-13(14)5-6-19-15/h3-4,7,13-15H,5-6,8-9H2,1-2H3,(H,17,18)/t13-,14+,15+/m1/s1. The van der Waals surface area contributed by atoms with E-state index in [-0.39, 0.29) is 5.91 Å². The van der Waals surface area contributed by atoms with Gasteiger partial charge in [-0.3, -0.25) is 4.79 Å². The van der Waals surface area contributed by atoms with Crippen molar-refractivity contribution < 1.29 is 9.53 Å². The third-order valence-corrected chi connectivity index (χ3v) is 4.47. The average Bonchev–Trinajstić information content (AvgIpc) is 2.72. The maximum atomic E-state index is 12.1. The number of fused-ring (bicyclic) bond motifs is 1. The van der Waals surface area contributed by atoms with Gasteiger partial charge in [-0.15, -0.1) is 0 Å². The minimum absolute atomic E-state index is 0.143. The van der Waals surface area contributed by atoms with Crippen molar-refractivity contribution in [3.63, 3.8) is 0 Å². The van der Waals surface area contributed by atoms with E-state index >= 15 is 0 Å². The van der Waals surface area contributed by atoms with E-state index in [0.717, 1.165) is 25.0 Å². The van der Waals surface area contributed by atoms with Gasteiger partial charge in [-0.2, -0.15) is 0 Å². The highest BCUT2D eigenvalue weighted by molar-refractivity contribution is 5.79. The summed E-state index contributed by atoms with van der Waals surface area (Å²) in [6.45, 7) is 4.98. The maximum Gasteiger partial charge on any atom is 0.224 e. The highest BCUT2D eigenvalue weighted by Gasteiger charge is 2.45. The van der Waals surface area contributed by atoms with Gasteiger partial charge >= 0.3 is 0 Å². The van der Waals surface area contributed by atoms with E-state index < -0.39 is 0 Å². The van der Waals surface area contributed by atoms with Crippen molar-refractivity contribution in [1.29, 1.82) is 0 Å². The van der Waals surface area contributed by atoms with Crippen LogP contribution in [0.5, 0.6) is 0 Å². The van der Waals surface area contributed by atoms with Crippen molar-refractivity contribution in [2.24, 2.45) is 5.92 Å². The molecule has 0 bridgehead atoms. The van der Waals surface area contributed by atoms with Crippen molar-refractivity contribution in [2.75, 3.05) is 6.61 Å². The molecule has 0 aromatic heterocycles. The van der Waals surface area contributed by atoms with Crippen LogP contribution >= 0.6 is 0 Å². The molecule has 3 rings (SSSR count). The van der Waals surface area contributed by atoms with E-state index in [1.807, 2.05) is 0 Å². The summed E-state index contributed by atoms with van der Waals surface area (Å²) in [6.07, 6.45) is 2.98. The van der Waals surface area contributed by atoms with E-state index in [0.29, 0.717) is 24.5 Å². The van der Waals surface area contributed by atoms with Crippen LogP contribution in [0, 0.1) is 19.8 Å². The smallest absolute Gasteiger partial charge is 0.224 e. The van der Waals surface area contributed by atoms with E-state index in [2.05, 4.69) is 37.4 Å². The van der Waals surface area contributed by atoms with Crippen LogP contribution in [-0.2, 0) is 16.0 Å². The number of nitrogens with one attached hydrogen (secondary N) is 1. The van der Waals surface area contributed by atoms with E-state index in [1.165, 1.54) is 11.1 Å². The first-order chi connectivity index (χ1) is 9.13. The number of amides is 1. The summed E-state index contributed by atoms with van der Waals surface area (Å²) in [7, 11) is 0. The summed E-state index contributed by atoms with van der Waals surface area (Å²) in [4.78, 5) is 12.1. The van der Waals surface area contributed by atoms with Gasteiger partial charge in [-0.05, 0) is 37.8 Å². The minimum atomic E-state index is 0.143. The van der Waals surface area contributed by atoms with Gasteiger partial charge in [0.05, 0.1) is 12.5 Å². The van der Waals surface area contributed by atoms with Crippen molar-refractivity contribution in [3.05, 3.63) is 34.9 Å². The average molecular weight is 259 g/mol. The van der Waals surface area contributed by atoms with E-state index in [4.69, 9.17) is 4.74 Å². The first-order valence-electron chi connectivity index (χ1n) is 7.10. The maximum absolute atomic E-state index is 12.1. The molecule has 1 amide bonds. The predicted molar refractivity (Wildman–Crippen MR) is 74.0 cm³/mol. The molecule has 102 valence electrons. The molecule has 0 spiro atoms. The van der Waals surface area contributed by atoms with Crippen LogP contribution in [0.2, 0.25) is 0 Å². The molecule has 0 radical (unpaired) electrons. The molecule has 2 aliphatic rings. The molecule has 1 aliphatic heterocycles. The molecule has 3 nitrogen and oxygen atoms in total. The SMILES string of the molecule is Cc1ccc(C)c(CC(=O)N[C@H]2C[C@@H]3OCC[C@H]23)c1. The summed E-state index contributed by atoms with van der Waals surface area (Å²) < 4.78 is 5.57. The lowest BCUT2D eigenvalue weighted by atomic mass is 9.76. The second-order valence-corrected chi connectivity index (χ2v) is 5.88. The monoisotopic (exact) mass is 259 g/mol. The molecule has 0 unspecified atom stereocenters. The molecule has 1 aromatic rings. The highest BCUT2D eigenvalue weighted by Crippen LogP contribution is 2.38. The molecular weight excluding hydrogens is 238 g/mol. The first kappa shape index (κ1) is 12.7. The lowest BCUT2D eigenvalue weighted by molar-refractivity contribution is -0.123. The molecule has 19 heavy (non-hydrogen) atoms. The summed E-state index contributed by atoms with van der Waals surface area (Å²) in [5.41, 5.74) is 3.54. The number of aryl methyl sites for hydroxylation is 2. The van der Waals surface area contributed by atoms with Crippen LogP contribution in [-0.4, -0.2) is 24.7 Å². The zero-order chi connectivity index (χ0) is 13.4. The Hall–Kier alpha value is -1.35. The number of carbonyl (C=O) groups excluding carboxylic acids is 1. The predicted octanol–water partition coefficient (Wildman–Crippen LogP) is 2.14. The van der Waals surface area contributed by atoms with E-state index in [1.54, 1.807) is 0 Å². The quantitative estimate of drug-likeness (QED) is 0.903. The van der Waals surface area contributed by atoms with Gasteiger partial charge in [0, 0.05) is 18.6 Å². The third kappa shape index (κ3) is 2.52. The Labute approximate surface area is 114 Å². The topological polar surface area (TPSA) is 38.3 Å². The number of rotatable bonds is 3. The van der Waals surface area contributed by atoms with Gasteiger partial charge in [-0.1, -0.05) is 23.8 Å². The lowest BCUT2D eigenvalue weighted by Gasteiger charge is -2.39. The highest BCUT2D eigenvalue weighted by atomic mass is 16.5. The Balaban J connectivity index is 1.58. The van der Waals surface area contributed by atoms with Crippen LogP contribution in [0.15, 0.2) is 18.2 Å². The van der Waals surface area contributed by atoms with Gasteiger partial charge < -0.3 is 10.1 Å². The number of hydrogen-bond acceptors (Lipinski definition) is 2. The Morgan fingerprint density at radius 1 is 1.42 bits per heavy atom. The fourth-order valence-corrected chi connectivity index (χ4v) is 3.18. The van der Waals surface area contributed by atoms with Crippen molar-refractivity contribution in [2.45, 2.75) is 45.3 Å². The second kappa shape index (κ2) is 4.97. The lowest BCUT2D eigenvalue weighted by Crippen LogP contribution is -2.53. The van der Waals surface area contributed by atoms with Crippen LogP contribution < -0.4 is 5.32 Å². The molecular formula is C16H21NO2. The van der Waals surface area contributed by atoms with Crippen molar-refractivity contribution >= 4 is 5.91 Å². The van der Waals surface area contributed by atoms with Gasteiger partial charge in [0.2, 0.25) is 5.91 Å². The zero-order valence-corrected chi connectivity index (χ0v) is 11.6. The minimum Gasteiger partial charge on any atom is -0.378 e. The Morgan fingerprint density at radius 2 is 2.26 bits per heavy atom. The fraction of sp³-hybridized carbons (Fsp3) is 0.562. The van der Waals surface area contributed by atoms with Crippen molar-refractivity contribution in [3.8, 4) is 0 Å². The van der Waals surface area contributed by atoms with Crippen molar-refractivity contribution in [1.82, 2.24) is 5.32 Å². The molecule has 1 heterocycles. The van der Waals surface area contributed by atoms with E-state index in [9.17, 15) is 4.79 Å². The van der Waals surface area contributed by atoms with Gasteiger partial charge in [0.25, 0.3) is 0 Å². The first-order valence-corrected chi connectivity index (χ1v) is 7.10. The Bertz CT molecular complexity index is 498. The molecule has 1 saturated carbocycles.